The lowest BCUT2D eigenvalue weighted by Gasteiger charge is -2.26. The van der Waals surface area contributed by atoms with Gasteiger partial charge in [-0.15, -0.1) is 0 Å². The van der Waals surface area contributed by atoms with Crippen molar-refractivity contribution in [1.29, 1.82) is 0 Å². The molecule has 1 aliphatic rings. The van der Waals surface area contributed by atoms with Gasteiger partial charge in [-0.2, -0.15) is 9.78 Å². The van der Waals surface area contributed by atoms with Gasteiger partial charge in [-0.3, -0.25) is 9.59 Å². The average Bonchev–Trinajstić information content (AvgIpc) is 3.41. The van der Waals surface area contributed by atoms with Crippen LogP contribution in [-0.2, 0) is 4.79 Å². The van der Waals surface area contributed by atoms with Crippen molar-refractivity contribution in [1.82, 2.24) is 14.7 Å². The minimum Gasteiger partial charge on any atom is -0.480 e. The second kappa shape index (κ2) is 6.46. The maximum atomic E-state index is 13.9. The van der Waals surface area contributed by atoms with Gasteiger partial charge in [-0.05, 0) is 38.0 Å². The third-order valence-corrected chi connectivity index (χ3v) is 4.05. The summed E-state index contributed by atoms with van der Waals surface area (Å²) in [5.41, 5.74) is -0.778. The zero-order chi connectivity index (χ0) is 18.1. The second-order valence-electron chi connectivity index (χ2n) is 5.88. The summed E-state index contributed by atoms with van der Waals surface area (Å²) in [5.74, 6) is -2.37. The van der Waals surface area contributed by atoms with Crippen LogP contribution in [0.25, 0.3) is 5.69 Å². The summed E-state index contributed by atoms with van der Waals surface area (Å²) < 4.78 is 14.8. The zero-order valence-electron chi connectivity index (χ0n) is 13.4. The van der Waals surface area contributed by atoms with Crippen LogP contribution in [0, 0.1) is 5.82 Å². The lowest BCUT2D eigenvalue weighted by atomic mass is 10.2. The number of halogens is 1. The number of nitrogens with zero attached hydrogens (tertiary/aromatic N) is 3. The van der Waals surface area contributed by atoms with E-state index in [0.29, 0.717) is 0 Å². The van der Waals surface area contributed by atoms with Crippen molar-refractivity contribution >= 4 is 11.9 Å². The highest BCUT2D eigenvalue weighted by Crippen LogP contribution is 2.30. The Morgan fingerprint density at radius 1 is 1.28 bits per heavy atom. The third-order valence-electron chi connectivity index (χ3n) is 4.05. The molecule has 1 aromatic carbocycles. The molecule has 1 atom stereocenters. The molecule has 0 radical (unpaired) electrons. The highest BCUT2D eigenvalue weighted by molar-refractivity contribution is 5.95. The van der Waals surface area contributed by atoms with Crippen molar-refractivity contribution in [3.63, 3.8) is 0 Å². The first-order chi connectivity index (χ1) is 11.9. The summed E-state index contributed by atoms with van der Waals surface area (Å²) in [6, 6.07) is 6.74. The Morgan fingerprint density at radius 2 is 1.96 bits per heavy atom. The van der Waals surface area contributed by atoms with Crippen molar-refractivity contribution in [3.05, 3.63) is 58.3 Å². The summed E-state index contributed by atoms with van der Waals surface area (Å²) in [7, 11) is 0. The molecule has 0 bridgehead atoms. The number of hydrogen-bond acceptors (Lipinski definition) is 4. The van der Waals surface area contributed by atoms with Crippen LogP contribution in [0.5, 0.6) is 0 Å². The molecule has 2 aromatic rings. The lowest BCUT2D eigenvalue weighted by molar-refractivity contribution is -0.141. The van der Waals surface area contributed by atoms with E-state index in [-0.39, 0.29) is 17.4 Å². The number of benzene rings is 1. The van der Waals surface area contributed by atoms with Crippen LogP contribution in [0.3, 0.4) is 0 Å². The van der Waals surface area contributed by atoms with Gasteiger partial charge in [0.1, 0.15) is 23.2 Å². The van der Waals surface area contributed by atoms with Crippen molar-refractivity contribution in [2.45, 2.75) is 31.8 Å². The average molecular weight is 345 g/mol. The van der Waals surface area contributed by atoms with Crippen molar-refractivity contribution in [2.24, 2.45) is 0 Å². The van der Waals surface area contributed by atoms with E-state index in [4.69, 9.17) is 0 Å². The van der Waals surface area contributed by atoms with E-state index >= 15 is 0 Å². The maximum absolute atomic E-state index is 13.9. The van der Waals surface area contributed by atoms with E-state index in [9.17, 15) is 23.9 Å². The van der Waals surface area contributed by atoms with E-state index in [1.807, 2.05) is 0 Å². The SMILES string of the molecule is CC(C(=O)O)N(C(=O)c1ccc(=O)n(-c2ccccc2F)n1)C1CC1. The molecule has 0 aliphatic heterocycles. The molecule has 1 amide bonds. The van der Waals surface area contributed by atoms with Crippen LogP contribution in [0.1, 0.15) is 30.3 Å². The highest BCUT2D eigenvalue weighted by atomic mass is 19.1. The Hall–Kier alpha value is -3.03. The predicted molar refractivity (Wildman–Crippen MR) is 86.1 cm³/mol. The van der Waals surface area contributed by atoms with Gasteiger partial charge in [0, 0.05) is 12.1 Å². The normalized spacial score (nSPS) is 14.8. The largest absolute Gasteiger partial charge is 0.480 e. The molecule has 25 heavy (non-hydrogen) atoms. The van der Waals surface area contributed by atoms with Crippen molar-refractivity contribution in [3.8, 4) is 5.69 Å². The number of carboxylic acid groups (broad SMARTS) is 1. The minimum absolute atomic E-state index is 0.0774. The summed E-state index contributed by atoms with van der Waals surface area (Å²) in [4.78, 5) is 37.3. The Bertz CT molecular complexity index is 891. The topological polar surface area (TPSA) is 92.5 Å². The van der Waals surface area contributed by atoms with Crippen molar-refractivity contribution < 1.29 is 19.1 Å². The molecule has 1 aliphatic carbocycles. The Kier molecular flexibility index (Phi) is 4.35. The van der Waals surface area contributed by atoms with Gasteiger partial charge < -0.3 is 10.0 Å². The quantitative estimate of drug-likeness (QED) is 0.885. The summed E-state index contributed by atoms with van der Waals surface area (Å²) >= 11 is 0. The number of carbonyl (C=O) groups excluding carboxylic acids is 1. The first-order valence-corrected chi connectivity index (χ1v) is 7.81. The third kappa shape index (κ3) is 3.28. The van der Waals surface area contributed by atoms with Crippen LogP contribution in [0.2, 0.25) is 0 Å². The molecule has 130 valence electrons. The van der Waals surface area contributed by atoms with Gasteiger partial charge in [-0.1, -0.05) is 12.1 Å². The number of aliphatic carboxylic acids is 1. The standard InChI is InChI=1S/C17H16FN3O4/c1-10(17(24)25)20(11-6-7-11)16(23)13-8-9-15(22)21(19-13)14-5-3-2-4-12(14)18/h2-5,8-11H,6-7H2,1H3,(H,24,25). The summed E-state index contributed by atoms with van der Waals surface area (Å²) in [5, 5.41) is 13.2. The van der Waals surface area contributed by atoms with Gasteiger partial charge in [0.2, 0.25) is 0 Å². The van der Waals surface area contributed by atoms with Crippen LogP contribution in [-0.4, -0.2) is 43.7 Å². The number of hydrogen-bond donors (Lipinski definition) is 1. The molecule has 1 saturated carbocycles. The Morgan fingerprint density at radius 3 is 2.56 bits per heavy atom. The molecule has 3 rings (SSSR count). The molecule has 0 spiro atoms. The maximum Gasteiger partial charge on any atom is 0.326 e. The molecular weight excluding hydrogens is 329 g/mol. The highest BCUT2D eigenvalue weighted by Gasteiger charge is 2.39. The fourth-order valence-electron chi connectivity index (χ4n) is 2.58. The number of rotatable bonds is 5. The van der Waals surface area contributed by atoms with E-state index in [0.717, 1.165) is 23.6 Å². The number of amides is 1. The van der Waals surface area contributed by atoms with E-state index in [2.05, 4.69) is 5.10 Å². The van der Waals surface area contributed by atoms with Gasteiger partial charge in [-0.25, -0.2) is 9.18 Å². The monoisotopic (exact) mass is 345 g/mol. The molecule has 1 heterocycles. The van der Waals surface area contributed by atoms with Gasteiger partial charge >= 0.3 is 5.97 Å². The van der Waals surface area contributed by atoms with E-state index in [1.54, 1.807) is 6.07 Å². The molecular formula is C17H16FN3O4. The van der Waals surface area contributed by atoms with Crippen LogP contribution in [0.15, 0.2) is 41.2 Å². The minimum atomic E-state index is -1.12. The molecule has 0 saturated heterocycles. The first-order valence-electron chi connectivity index (χ1n) is 7.81. The zero-order valence-corrected chi connectivity index (χ0v) is 13.4. The van der Waals surface area contributed by atoms with Crippen LogP contribution >= 0.6 is 0 Å². The van der Waals surface area contributed by atoms with Crippen LogP contribution < -0.4 is 5.56 Å². The summed E-state index contributed by atoms with van der Waals surface area (Å²) in [6.07, 6.45) is 1.44. The molecule has 1 unspecified atom stereocenters. The van der Waals surface area contributed by atoms with Gasteiger partial charge in [0.05, 0.1) is 0 Å². The fraction of sp³-hybridized carbons (Fsp3) is 0.294. The smallest absolute Gasteiger partial charge is 0.326 e. The Labute approximate surface area is 142 Å². The lowest BCUT2D eigenvalue weighted by Crippen LogP contribution is -2.45. The van der Waals surface area contributed by atoms with E-state index < -0.39 is 29.3 Å². The van der Waals surface area contributed by atoms with Crippen molar-refractivity contribution in [2.75, 3.05) is 0 Å². The first kappa shape index (κ1) is 16.8. The number of carbonyl (C=O) groups is 2. The molecule has 1 aromatic heterocycles. The van der Waals surface area contributed by atoms with Gasteiger partial charge in [0.15, 0.2) is 0 Å². The van der Waals surface area contributed by atoms with Crippen LogP contribution in [0.4, 0.5) is 4.39 Å². The predicted octanol–water partition coefficient (Wildman–Crippen LogP) is 1.45. The second-order valence-corrected chi connectivity index (χ2v) is 5.88. The fourth-order valence-corrected chi connectivity index (χ4v) is 2.58. The molecule has 8 heteroatoms. The Balaban J connectivity index is 2.02. The van der Waals surface area contributed by atoms with Gasteiger partial charge in [0.25, 0.3) is 11.5 Å². The molecule has 1 fully saturated rings. The molecule has 7 nitrogen and oxygen atoms in total. The number of para-hydroxylation sites is 1. The van der Waals surface area contributed by atoms with E-state index in [1.165, 1.54) is 36.1 Å². The molecule has 1 N–H and O–H groups in total. The summed E-state index contributed by atoms with van der Waals surface area (Å²) in [6.45, 7) is 1.42. The number of aromatic nitrogens is 2. The number of carboxylic acids is 1.